The number of halogens is 2. The van der Waals surface area contributed by atoms with Crippen molar-refractivity contribution in [2.45, 2.75) is 17.8 Å². The first-order valence-electron chi connectivity index (χ1n) is 4.84. The van der Waals surface area contributed by atoms with E-state index >= 15 is 0 Å². The van der Waals surface area contributed by atoms with Gasteiger partial charge in [-0.05, 0) is 17.5 Å². The maximum Gasteiger partial charge on any atom is 0.0571 e. The van der Waals surface area contributed by atoms with Crippen LogP contribution in [0.5, 0.6) is 0 Å². The highest BCUT2D eigenvalue weighted by Gasteiger charge is 2.29. The first kappa shape index (κ1) is 10.3. The van der Waals surface area contributed by atoms with Gasteiger partial charge in [0.1, 0.15) is 0 Å². The second kappa shape index (κ2) is 4.52. The van der Waals surface area contributed by atoms with E-state index in [0.29, 0.717) is 5.88 Å². The Bertz CT molecular complexity index is 314. The van der Waals surface area contributed by atoms with Crippen LogP contribution in [-0.2, 0) is 6.42 Å². The molecule has 2 atom stereocenters. The molecule has 0 radical (unpaired) electrons. The van der Waals surface area contributed by atoms with Crippen LogP contribution >= 0.6 is 23.2 Å². The molecule has 2 rings (SSSR count). The lowest BCUT2D eigenvalue weighted by molar-refractivity contribution is 0.557. The van der Waals surface area contributed by atoms with Crippen molar-refractivity contribution in [3.05, 3.63) is 35.4 Å². The van der Waals surface area contributed by atoms with Crippen LogP contribution in [0, 0.1) is 0 Å². The zero-order chi connectivity index (χ0) is 9.97. The van der Waals surface area contributed by atoms with E-state index in [1.807, 2.05) is 0 Å². The van der Waals surface area contributed by atoms with Gasteiger partial charge < -0.3 is 5.32 Å². The molecule has 0 heterocycles. The molecule has 1 nitrogen and oxygen atoms in total. The second-order valence-corrected chi connectivity index (χ2v) is 4.48. The van der Waals surface area contributed by atoms with E-state index in [9.17, 15) is 0 Å². The summed E-state index contributed by atoms with van der Waals surface area (Å²) in [6.07, 6.45) is 0.956. The highest BCUT2D eigenvalue weighted by Crippen LogP contribution is 2.34. The summed E-state index contributed by atoms with van der Waals surface area (Å²) in [4.78, 5) is 0. The topological polar surface area (TPSA) is 12.0 Å². The summed E-state index contributed by atoms with van der Waals surface area (Å²) in [6.45, 7) is 0.809. The first-order valence-corrected chi connectivity index (χ1v) is 5.81. The molecule has 3 heteroatoms. The van der Waals surface area contributed by atoms with E-state index in [2.05, 4.69) is 29.6 Å². The van der Waals surface area contributed by atoms with Crippen molar-refractivity contribution in [1.82, 2.24) is 5.32 Å². The molecule has 1 N–H and O–H groups in total. The van der Waals surface area contributed by atoms with Crippen LogP contribution in [0.4, 0.5) is 0 Å². The Labute approximate surface area is 94.4 Å². The lowest BCUT2D eigenvalue weighted by Crippen LogP contribution is -2.27. The number of hydrogen-bond donors (Lipinski definition) is 1. The van der Waals surface area contributed by atoms with Crippen LogP contribution in [0.15, 0.2) is 24.3 Å². The molecule has 0 amide bonds. The SMILES string of the molecule is ClCCN[C@@H]1c2ccccc2C[C@@H]1Cl. The highest BCUT2D eigenvalue weighted by atomic mass is 35.5. The van der Waals surface area contributed by atoms with E-state index in [0.717, 1.165) is 13.0 Å². The maximum absolute atomic E-state index is 6.27. The van der Waals surface area contributed by atoms with Gasteiger partial charge in [-0.15, -0.1) is 23.2 Å². The first-order chi connectivity index (χ1) is 6.83. The zero-order valence-electron chi connectivity index (χ0n) is 7.84. The molecule has 0 saturated heterocycles. The summed E-state index contributed by atoms with van der Waals surface area (Å²) in [5.74, 6) is 0.627. The quantitative estimate of drug-likeness (QED) is 0.787. The number of alkyl halides is 2. The van der Waals surface area contributed by atoms with Crippen molar-refractivity contribution >= 4 is 23.2 Å². The molecule has 1 aromatic carbocycles. The fourth-order valence-electron chi connectivity index (χ4n) is 1.99. The van der Waals surface area contributed by atoms with Crippen molar-refractivity contribution in [1.29, 1.82) is 0 Å². The molecule has 0 aliphatic heterocycles. The van der Waals surface area contributed by atoms with Crippen LogP contribution in [0.1, 0.15) is 17.2 Å². The monoisotopic (exact) mass is 229 g/mol. The van der Waals surface area contributed by atoms with E-state index < -0.39 is 0 Å². The normalized spacial score (nSPS) is 25.0. The number of fused-ring (bicyclic) bond motifs is 1. The van der Waals surface area contributed by atoms with E-state index in [1.54, 1.807) is 0 Å². The standard InChI is InChI=1S/C11H13Cl2N/c12-5-6-14-11-9-4-2-1-3-8(9)7-10(11)13/h1-4,10-11,14H,5-7H2/t10-,11+/m0/s1. The van der Waals surface area contributed by atoms with Crippen LogP contribution in [0.2, 0.25) is 0 Å². The molecule has 1 aromatic rings. The molecule has 76 valence electrons. The van der Waals surface area contributed by atoms with Crippen LogP contribution < -0.4 is 5.32 Å². The Morgan fingerprint density at radius 1 is 1.36 bits per heavy atom. The molecule has 0 fully saturated rings. The summed E-state index contributed by atoms with van der Waals surface area (Å²) >= 11 is 11.9. The van der Waals surface area contributed by atoms with Gasteiger partial charge in [-0.2, -0.15) is 0 Å². The molecule has 0 saturated carbocycles. The molecular formula is C11H13Cl2N. The van der Waals surface area contributed by atoms with Gasteiger partial charge in [0.15, 0.2) is 0 Å². The van der Waals surface area contributed by atoms with Gasteiger partial charge in [-0.25, -0.2) is 0 Å². The number of hydrogen-bond acceptors (Lipinski definition) is 1. The Morgan fingerprint density at radius 3 is 2.93 bits per heavy atom. The van der Waals surface area contributed by atoms with Crippen LogP contribution in [-0.4, -0.2) is 17.8 Å². The summed E-state index contributed by atoms with van der Waals surface area (Å²) in [7, 11) is 0. The Balaban J connectivity index is 2.17. The minimum absolute atomic E-state index is 0.163. The van der Waals surface area contributed by atoms with Crippen molar-refractivity contribution in [2.24, 2.45) is 0 Å². The largest absolute Gasteiger partial charge is 0.307 e. The summed E-state index contributed by atoms with van der Waals surface area (Å²) in [6, 6.07) is 8.68. The van der Waals surface area contributed by atoms with Gasteiger partial charge in [0.05, 0.1) is 5.38 Å². The number of benzene rings is 1. The molecule has 1 aliphatic rings. The predicted molar refractivity (Wildman–Crippen MR) is 61.3 cm³/mol. The minimum atomic E-state index is 0.163. The fraction of sp³-hybridized carbons (Fsp3) is 0.455. The number of rotatable bonds is 3. The lowest BCUT2D eigenvalue weighted by Gasteiger charge is -2.16. The lowest BCUT2D eigenvalue weighted by atomic mass is 10.1. The molecule has 0 unspecified atom stereocenters. The minimum Gasteiger partial charge on any atom is -0.307 e. The summed E-state index contributed by atoms with van der Waals surface area (Å²) < 4.78 is 0. The average molecular weight is 230 g/mol. The molecule has 1 aliphatic carbocycles. The van der Waals surface area contributed by atoms with Gasteiger partial charge in [0.2, 0.25) is 0 Å². The van der Waals surface area contributed by atoms with Crippen LogP contribution in [0.3, 0.4) is 0 Å². The molecule has 0 bridgehead atoms. The Kier molecular flexibility index (Phi) is 3.32. The second-order valence-electron chi connectivity index (χ2n) is 3.54. The molecule has 0 aromatic heterocycles. The van der Waals surface area contributed by atoms with E-state index in [4.69, 9.17) is 23.2 Å². The van der Waals surface area contributed by atoms with E-state index in [1.165, 1.54) is 11.1 Å². The molecule has 0 spiro atoms. The third-order valence-electron chi connectivity index (χ3n) is 2.63. The zero-order valence-corrected chi connectivity index (χ0v) is 9.35. The van der Waals surface area contributed by atoms with Gasteiger partial charge >= 0.3 is 0 Å². The van der Waals surface area contributed by atoms with Crippen LogP contribution in [0.25, 0.3) is 0 Å². The third kappa shape index (κ3) is 1.90. The Morgan fingerprint density at radius 2 is 2.14 bits per heavy atom. The summed E-state index contributed by atoms with van der Waals surface area (Å²) in [5.41, 5.74) is 2.69. The smallest absolute Gasteiger partial charge is 0.0571 e. The molecule has 14 heavy (non-hydrogen) atoms. The van der Waals surface area contributed by atoms with Gasteiger partial charge in [-0.3, -0.25) is 0 Å². The third-order valence-corrected chi connectivity index (χ3v) is 3.22. The van der Waals surface area contributed by atoms with Crippen molar-refractivity contribution < 1.29 is 0 Å². The van der Waals surface area contributed by atoms with Gasteiger partial charge in [0, 0.05) is 18.5 Å². The average Bonchev–Trinajstić information content (AvgIpc) is 2.51. The molecular weight excluding hydrogens is 217 g/mol. The van der Waals surface area contributed by atoms with E-state index in [-0.39, 0.29) is 11.4 Å². The maximum atomic E-state index is 6.27. The van der Waals surface area contributed by atoms with Gasteiger partial charge in [-0.1, -0.05) is 24.3 Å². The highest BCUT2D eigenvalue weighted by molar-refractivity contribution is 6.21. The Hall–Kier alpha value is -0.240. The predicted octanol–water partition coefficient (Wildman–Crippen LogP) is 2.72. The number of nitrogens with one attached hydrogen (secondary N) is 1. The van der Waals surface area contributed by atoms with Crippen molar-refractivity contribution in [3.63, 3.8) is 0 Å². The fourth-order valence-corrected chi connectivity index (χ4v) is 2.49. The van der Waals surface area contributed by atoms with Gasteiger partial charge in [0.25, 0.3) is 0 Å². The van der Waals surface area contributed by atoms with Crippen molar-refractivity contribution in [2.75, 3.05) is 12.4 Å². The summed E-state index contributed by atoms with van der Waals surface area (Å²) in [5, 5.41) is 3.54. The van der Waals surface area contributed by atoms with Crippen molar-refractivity contribution in [3.8, 4) is 0 Å².